The van der Waals surface area contributed by atoms with E-state index in [1.54, 1.807) is 11.0 Å². The molecule has 2 aromatic carbocycles. The van der Waals surface area contributed by atoms with Crippen molar-refractivity contribution in [3.05, 3.63) is 65.9 Å². The molecule has 0 saturated carbocycles. The number of hydrogen-bond donors (Lipinski definition) is 1. The van der Waals surface area contributed by atoms with Crippen LogP contribution in [0.3, 0.4) is 0 Å². The van der Waals surface area contributed by atoms with E-state index in [-0.39, 0.29) is 23.2 Å². The van der Waals surface area contributed by atoms with Crippen LogP contribution in [-0.4, -0.2) is 34.9 Å². The van der Waals surface area contributed by atoms with Crippen LogP contribution in [0.5, 0.6) is 5.75 Å². The van der Waals surface area contributed by atoms with Crippen molar-refractivity contribution >= 4 is 40.5 Å². The first-order chi connectivity index (χ1) is 16.4. The summed E-state index contributed by atoms with van der Waals surface area (Å²) in [5.41, 5.74) is 1.92. The molecule has 0 aliphatic carbocycles. The molecule has 6 nitrogen and oxygen atoms in total. The third kappa shape index (κ3) is 6.73. The zero-order chi connectivity index (χ0) is 24.5. The number of ether oxygens (including phenoxy) is 1. The number of amidine groups is 1. The minimum absolute atomic E-state index is 0.0257. The maximum Gasteiger partial charge on any atom is 0.283 e. The van der Waals surface area contributed by atoms with E-state index >= 15 is 0 Å². The van der Waals surface area contributed by atoms with Gasteiger partial charge in [0.15, 0.2) is 5.17 Å². The number of carbonyl (C=O) groups is 2. The molecule has 0 fully saturated rings. The molecule has 180 valence electrons. The van der Waals surface area contributed by atoms with E-state index in [1.165, 1.54) is 11.8 Å². The number of nitrogens with zero attached hydrogens (tertiary/aromatic N) is 2. The molecule has 1 heterocycles. The lowest BCUT2D eigenvalue weighted by Gasteiger charge is -2.21. The number of benzene rings is 2. The number of para-hydroxylation sites is 1. The normalized spacial score (nSPS) is 15.6. The first kappa shape index (κ1) is 25.6. The molecule has 1 atom stereocenters. The van der Waals surface area contributed by atoms with E-state index in [2.05, 4.69) is 17.2 Å². The van der Waals surface area contributed by atoms with Gasteiger partial charge in [-0.2, -0.15) is 0 Å². The Kier molecular flexibility index (Phi) is 9.33. The van der Waals surface area contributed by atoms with Gasteiger partial charge in [0.2, 0.25) is 5.91 Å². The Labute approximate surface area is 206 Å². The number of aliphatic imine (C=N–C) groups is 1. The lowest BCUT2D eigenvalue weighted by Crippen LogP contribution is -2.37. The van der Waals surface area contributed by atoms with Crippen molar-refractivity contribution in [1.82, 2.24) is 5.32 Å². The molecule has 0 radical (unpaired) electrons. The quantitative estimate of drug-likeness (QED) is 0.353. The number of carbonyl (C=O) groups excluding carboxylic acids is 2. The molecule has 2 aromatic rings. The van der Waals surface area contributed by atoms with Crippen LogP contribution in [0.15, 0.2) is 65.3 Å². The average Bonchev–Trinajstić information content (AvgIpc) is 3.13. The molecule has 0 saturated heterocycles. The smallest absolute Gasteiger partial charge is 0.283 e. The van der Waals surface area contributed by atoms with E-state index in [9.17, 15) is 9.59 Å². The lowest BCUT2D eigenvalue weighted by molar-refractivity contribution is -0.120. The van der Waals surface area contributed by atoms with Crippen molar-refractivity contribution < 1.29 is 14.3 Å². The Morgan fingerprint density at radius 2 is 1.82 bits per heavy atom. The van der Waals surface area contributed by atoms with Crippen LogP contribution in [0, 0.1) is 0 Å². The number of thioether (sulfide) groups is 1. The topological polar surface area (TPSA) is 71.0 Å². The van der Waals surface area contributed by atoms with Gasteiger partial charge in [-0.15, -0.1) is 0 Å². The highest BCUT2D eigenvalue weighted by molar-refractivity contribution is 8.15. The van der Waals surface area contributed by atoms with Gasteiger partial charge in [0.1, 0.15) is 11.4 Å². The minimum atomic E-state index is -0.332. The zero-order valence-corrected chi connectivity index (χ0v) is 21.1. The predicted molar refractivity (Wildman–Crippen MR) is 141 cm³/mol. The number of hydrogen-bond acceptors (Lipinski definition) is 5. The van der Waals surface area contributed by atoms with Gasteiger partial charge in [-0.05, 0) is 62.6 Å². The molecule has 1 N–H and O–H groups in total. The van der Waals surface area contributed by atoms with Crippen molar-refractivity contribution in [3.63, 3.8) is 0 Å². The van der Waals surface area contributed by atoms with Gasteiger partial charge in [0.05, 0.1) is 17.0 Å². The van der Waals surface area contributed by atoms with Gasteiger partial charge in [-0.3, -0.25) is 14.5 Å². The van der Waals surface area contributed by atoms with Crippen LogP contribution >= 0.6 is 11.8 Å². The van der Waals surface area contributed by atoms with Crippen molar-refractivity contribution in [2.45, 2.75) is 58.3 Å². The van der Waals surface area contributed by atoms with Crippen LogP contribution in [0.4, 0.5) is 5.69 Å². The number of unbranched alkanes of at least 4 members (excludes halogenated alkanes) is 1. The summed E-state index contributed by atoms with van der Waals surface area (Å²) in [6.45, 7) is 8.67. The first-order valence-electron chi connectivity index (χ1n) is 11.8. The van der Waals surface area contributed by atoms with E-state index in [0.29, 0.717) is 23.8 Å². The molecule has 0 bridgehead atoms. The molecule has 0 spiro atoms. The van der Waals surface area contributed by atoms with E-state index < -0.39 is 0 Å². The number of nitrogens with one attached hydrogen (secondary N) is 1. The Balaban J connectivity index is 1.87. The summed E-state index contributed by atoms with van der Waals surface area (Å²) in [7, 11) is 0. The summed E-state index contributed by atoms with van der Waals surface area (Å²) < 4.78 is 5.70. The van der Waals surface area contributed by atoms with Gasteiger partial charge in [0, 0.05) is 6.54 Å². The summed E-state index contributed by atoms with van der Waals surface area (Å²) in [5, 5.41) is 3.18. The van der Waals surface area contributed by atoms with Gasteiger partial charge in [-0.1, -0.05) is 62.4 Å². The summed E-state index contributed by atoms with van der Waals surface area (Å²) >= 11 is 1.33. The highest BCUT2D eigenvalue weighted by Gasteiger charge is 2.34. The van der Waals surface area contributed by atoms with Crippen LogP contribution in [0.2, 0.25) is 0 Å². The molecular weight excluding hydrogens is 446 g/mol. The number of rotatable bonds is 10. The molecule has 7 heteroatoms. The van der Waals surface area contributed by atoms with E-state index in [1.807, 2.05) is 75.4 Å². The maximum absolute atomic E-state index is 13.4. The molecule has 3 rings (SSSR count). The summed E-state index contributed by atoms with van der Waals surface area (Å²) in [6.07, 6.45) is 4.46. The molecule has 34 heavy (non-hydrogen) atoms. The standard InChI is InChI=1S/C27H33N3O3S/c1-5-7-17-28-25(31)24(6-2)34-27-29-23(26(32)30(27)21-11-9-8-10-12-21)18-20-13-15-22(16-14-20)33-19(3)4/h8-16,18-19,24H,5-7,17H2,1-4H3,(H,28,31)/b23-18+/t24-/m0/s1. The van der Waals surface area contributed by atoms with Gasteiger partial charge in [0.25, 0.3) is 5.91 Å². The van der Waals surface area contributed by atoms with Gasteiger partial charge >= 0.3 is 0 Å². The molecule has 0 aromatic heterocycles. The Hall–Kier alpha value is -3.06. The Morgan fingerprint density at radius 1 is 1.12 bits per heavy atom. The fourth-order valence-corrected chi connectivity index (χ4v) is 4.46. The van der Waals surface area contributed by atoms with Crippen LogP contribution in [-0.2, 0) is 9.59 Å². The SMILES string of the molecule is CCCCNC(=O)[C@H](CC)SC1=N/C(=C/c2ccc(OC(C)C)cc2)C(=O)N1c1ccccc1. The molecule has 1 aliphatic heterocycles. The zero-order valence-electron chi connectivity index (χ0n) is 20.3. The second-order valence-corrected chi connectivity index (χ2v) is 9.46. The summed E-state index contributed by atoms with van der Waals surface area (Å²) in [5.74, 6) is 0.542. The van der Waals surface area contributed by atoms with Crippen LogP contribution < -0.4 is 15.0 Å². The molecule has 2 amide bonds. The second-order valence-electron chi connectivity index (χ2n) is 8.30. The third-order valence-corrected chi connectivity index (χ3v) is 6.46. The van der Waals surface area contributed by atoms with Crippen molar-refractivity contribution in [2.24, 2.45) is 4.99 Å². The van der Waals surface area contributed by atoms with E-state index in [4.69, 9.17) is 4.74 Å². The summed E-state index contributed by atoms with van der Waals surface area (Å²) in [6, 6.07) is 17.0. The second kappa shape index (κ2) is 12.4. The van der Waals surface area contributed by atoms with Crippen molar-refractivity contribution in [2.75, 3.05) is 11.4 Å². The largest absolute Gasteiger partial charge is 0.491 e. The Morgan fingerprint density at radius 3 is 2.44 bits per heavy atom. The number of anilines is 1. The monoisotopic (exact) mass is 479 g/mol. The van der Waals surface area contributed by atoms with E-state index in [0.717, 1.165) is 29.8 Å². The first-order valence-corrected chi connectivity index (χ1v) is 12.7. The fourth-order valence-electron chi connectivity index (χ4n) is 3.40. The van der Waals surface area contributed by atoms with Crippen LogP contribution in [0.1, 0.15) is 52.5 Å². The maximum atomic E-state index is 13.4. The lowest BCUT2D eigenvalue weighted by atomic mass is 10.2. The molecule has 0 unspecified atom stereocenters. The Bertz CT molecular complexity index is 1030. The molecular formula is C27H33N3O3S. The third-order valence-electron chi connectivity index (χ3n) is 5.14. The summed E-state index contributed by atoms with van der Waals surface area (Å²) in [4.78, 5) is 32.4. The fraction of sp³-hybridized carbons (Fsp3) is 0.370. The van der Waals surface area contributed by atoms with Gasteiger partial charge < -0.3 is 10.1 Å². The predicted octanol–water partition coefficient (Wildman–Crippen LogP) is 5.65. The molecule has 1 aliphatic rings. The highest BCUT2D eigenvalue weighted by Crippen LogP contribution is 2.32. The average molecular weight is 480 g/mol. The number of amides is 2. The van der Waals surface area contributed by atoms with Crippen molar-refractivity contribution in [1.29, 1.82) is 0 Å². The van der Waals surface area contributed by atoms with Crippen LogP contribution in [0.25, 0.3) is 6.08 Å². The van der Waals surface area contributed by atoms with Gasteiger partial charge in [-0.25, -0.2) is 4.99 Å². The van der Waals surface area contributed by atoms with Crippen molar-refractivity contribution in [3.8, 4) is 5.75 Å². The minimum Gasteiger partial charge on any atom is -0.491 e. The highest BCUT2D eigenvalue weighted by atomic mass is 32.2.